The predicted octanol–water partition coefficient (Wildman–Crippen LogP) is 2.73. The molecule has 0 saturated carbocycles. The molecule has 0 bridgehead atoms. The van der Waals surface area contributed by atoms with Crippen LogP contribution in [0.25, 0.3) is 11.0 Å². The normalized spacial score (nSPS) is 22.4. The second-order valence-corrected chi connectivity index (χ2v) is 7.05. The van der Waals surface area contributed by atoms with Crippen LogP contribution in [-0.4, -0.2) is 53.4 Å². The summed E-state index contributed by atoms with van der Waals surface area (Å²) in [5, 5.41) is 0. The largest absolute Gasteiger partial charge is 0.352 e. The number of hydrogen-bond donors (Lipinski definition) is 1. The molecule has 3 heterocycles. The summed E-state index contributed by atoms with van der Waals surface area (Å²) in [4.78, 5) is 22.7. The maximum atomic E-state index is 12.6. The van der Waals surface area contributed by atoms with E-state index in [-0.39, 0.29) is 18.1 Å². The Bertz CT molecular complexity index is 751. The lowest BCUT2D eigenvalue weighted by Gasteiger charge is -2.33. The van der Waals surface area contributed by atoms with E-state index in [1.54, 1.807) is 0 Å². The number of rotatable bonds is 3. The Hall–Kier alpha value is -1.92. The molecule has 134 valence electrons. The van der Waals surface area contributed by atoms with Crippen molar-refractivity contribution >= 4 is 16.9 Å². The number of aromatic nitrogens is 2. The number of nitrogens with zero attached hydrogens (tertiary/aromatic N) is 2. The number of carbonyl (C=O) groups is 1. The molecule has 1 aromatic carbocycles. The smallest absolute Gasteiger partial charge is 0.227 e. The summed E-state index contributed by atoms with van der Waals surface area (Å²) in [7, 11) is 0. The number of H-pyrrole nitrogens is 1. The number of piperidine rings is 1. The van der Waals surface area contributed by atoms with Crippen molar-refractivity contribution in [2.45, 2.75) is 44.8 Å². The summed E-state index contributed by atoms with van der Waals surface area (Å²) in [6, 6.07) is 6.25. The fraction of sp³-hybridized carbons (Fsp3) is 0.579. The molecule has 2 fully saturated rings. The van der Waals surface area contributed by atoms with Gasteiger partial charge in [0.1, 0.15) is 5.82 Å². The van der Waals surface area contributed by atoms with Gasteiger partial charge in [-0.1, -0.05) is 6.07 Å². The van der Waals surface area contributed by atoms with Crippen LogP contribution in [0.2, 0.25) is 0 Å². The first-order chi connectivity index (χ1) is 12.2. The second-order valence-electron chi connectivity index (χ2n) is 7.05. The van der Waals surface area contributed by atoms with E-state index < -0.39 is 0 Å². The Morgan fingerprint density at radius 2 is 2.16 bits per heavy atom. The highest BCUT2D eigenvalue weighted by atomic mass is 16.7. The second kappa shape index (κ2) is 7.14. The number of nitrogens with one attached hydrogen (secondary N) is 1. The van der Waals surface area contributed by atoms with Crippen LogP contribution in [0, 0.1) is 6.92 Å². The van der Waals surface area contributed by atoms with E-state index in [1.807, 2.05) is 11.0 Å². The minimum absolute atomic E-state index is 0.114. The maximum Gasteiger partial charge on any atom is 0.227 e. The highest BCUT2D eigenvalue weighted by molar-refractivity contribution is 5.77. The molecule has 25 heavy (non-hydrogen) atoms. The number of imidazole rings is 1. The first kappa shape index (κ1) is 16.5. The predicted molar refractivity (Wildman–Crippen MR) is 94.3 cm³/mol. The molecule has 0 radical (unpaired) electrons. The van der Waals surface area contributed by atoms with Gasteiger partial charge in [0.2, 0.25) is 5.91 Å². The average molecular weight is 343 g/mol. The number of aromatic amines is 1. The van der Waals surface area contributed by atoms with Gasteiger partial charge in [0.15, 0.2) is 6.29 Å². The number of benzene rings is 1. The summed E-state index contributed by atoms with van der Waals surface area (Å²) in [5.74, 6) is 1.37. The zero-order chi connectivity index (χ0) is 17.2. The van der Waals surface area contributed by atoms with Crippen molar-refractivity contribution in [2.24, 2.45) is 0 Å². The van der Waals surface area contributed by atoms with Crippen LogP contribution in [0.1, 0.15) is 43.0 Å². The molecule has 1 aromatic heterocycles. The lowest BCUT2D eigenvalue weighted by molar-refractivity contribution is -0.187. The van der Waals surface area contributed by atoms with Crippen molar-refractivity contribution < 1.29 is 14.3 Å². The summed E-state index contributed by atoms with van der Waals surface area (Å²) < 4.78 is 11.0. The van der Waals surface area contributed by atoms with E-state index >= 15 is 0 Å². The number of ether oxygens (including phenoxy) is 2. The molecule has 0 aliphatic carbocycles. The van der Waals surface area contributed by atoms with Crippen LogP contribution >= 0.6 is 0 Å². The summed E-state index contributed by atoms with van der Waals surface area (Å²) in [6.07, 6.45) is 2.89. The van der Waals surface area contributed by atoms with Crippen LogP contribution in [0.15, 0.2) is 18.2 Å². The molecule has 0 spiro atoms. The SMILES string of the molecule is Cc1ccc2nc([C@@H]3CCCN(C(=O)CC4OCCCO4)C3)[nH]c2c1. The number of fused-ring (bicyclic) bond motifs is 1. The van der Waals surface area contributed by atoms with Gasteiger partial charge in [0.05, 0.1) is 30.7 Å². The molecule has 2 aromatic rings. The number of likely N-dealkylation sites (tertiary alicyclic amines) is 1. The van der Waals surface area contributed by atoms with E-state index in [4.69, 9.17) is 14.5 Å². The number of aryl methyl sites for hydroxylation is 1. The van der Waals surface area contributed by atoms with Gasteiger partial charge >= 0.3 is 0 Å². The zero-order valence-corrected chi connectivity index (χ0v) is 14.7. The van der Waals surface area contributed by atoms with Gasteiger partial charge in [-0.05, 0) is 43.9 Å². The lowest BCUT2D eigenvalue weighted by atomic mass is 9.97. The summed E-state index contributed by atoms with van der Waals surface area (Å²) in [6.45, 7) is 4.96. The van der Waals surface area contributed by atoms with Crippen molar-refractivity contribution in [1.29, 1.82) is 0 Å². The third kappa shape index (κ3) is 3.70. The van der Waals surface area contributed by atoms with Crippen LogP contribution in [-0.2, 0) is 14.3 Å². The van der Waals surface area contributed by atoms with Gasteiger partial charge < -0.3 is 19.4 Å². The van der Waals surface area contributed by atoms with Crippen molar-refractivity contribution in [3.63, 3.8) is 0 Å². The molecule has 2 saturated heterocycles. The zero-order valence-electron chi connectivity index (χ0n) is 14.7. The fourth-order valence-electron chi connectivity index (χ4n) is 3.69. The topological polar surface area (TPSA) is 67.5 Å². The fourth-order valence-corrected chi connectivity index (χ4v) is 3.69. The maximum absolute atomic E-state index is 12.6. The monoisotopic (exact) mass is 343 g/mol. The van der Waals surface area contributed by atoms with Gasteiger partial charge in [-0.2, -0.15) is 0 Å². The van der Waals surface area contributed by atoms with Crippen molar-refractivity contribution in [1.82, 2.24) is 14.9 Å². The molecule has 1 atom stereocenters. The highest BCUT2D eigenvalue weighted by Crippen LogP contribution is 2.27. The minimum Gasteiger partial charge on any atom is -0.352 e. The van der Waals surface area contributed by atoms with Crippen molar-refractivity contribution in [2.75, 3.05) is 26.3 Å². The molecular formula is C19H25N3O3. The molecule has 4 rings (SSSR count). The number of amides is 1. The summed E-state index contributed by atoms with van der Waals surface area (Å²) >= 11 is 0. The number of carbonyl (C=O) groups excluding carboxylic acids is 1. The van der Waals surface area contributed by atoms with Gasteiger partial charge in [0, 0.05) is 19.0 Å². The first-order valence-electron chi connectivity index (χ1n) is 9.16. The van der Waals surface area contributed by atoms with Crippen LogP contribution < -0.4 is 0 Å². The molecule has 6 heteroatoms. The van der Waals surface area contributed by atoms with E-state index in [0.717, 1.165) is 42.7 Å². The molecule has 1 amide bonds. The third-order valence-electron chi connectivity index (χ3n) is 5.05. The van der Waals surface area contributed by atoms with E-state index in [1.165, 1.54) is 5.56 Å². The Morgan fingerprint density at radius 3 is 3.00 bits per heavy atom. The van der Waals surface area contributed by atoms with E-state index in [0.29, 0.717) is 26.2 Å². The quantitative estimate of drug-likeness (QED) is 0.930. The Labute approximate surface area is 147 Å². The molecule has 6 nitrogen and oxygen atoms in total. The van der Waals surface area contributed by atoms with Crippen LogP contribution in [0.3, 0.4) is 0 Å². The summed E-state index contributed by atoms with van der Waals surface area (Å²) in [5.41, 5.74) is 3.28. The number of hydrogen-bond acceptors (Lipinski definition) is 4. The van der Waals surface area contributed by atoms with Gasteiger partial charge in [-0.25, -0.2) is 4.98 Å². The van der Waals surface area contributed by atoms with Gasteiger partial charge in [0.25, 0.3) is 0 Å². The van der Waals surface area contributed by atoms with E-state index in [2.05, 4.69) is 24.0 Å². The Balaban J connectivity index is 1.43. The van der Waals surface area contributed by atoms with Crippen LogP contribution in [0.5, 0.6) is 0 Å². The Kier molecular flexibility index (Phi) is 4.72. The Morgan fingerprint density at radius 1 is 1.32 bits per heavy atom. The standard InChI is InChI=1S/C19H25N3O3/c1-13-5-6-15-16(10-13)21-19(20-15)14-4-2-7-22(12-14)17(23)11-18-24-8-3-9-25-18/h5-6,10,14,18H,2-4,7-9,11-12H2,1H3,(H,20,21)/t14-/m1/s1. The van der Waals surface area contributed by atoms with Crippen molar-refractivity contribution in [3.8, 4) is 0 Å². The molecular weight excluding hydrogens is 318 g/mol. The first-order valence-corrected chi connectivity index (χ1v) is 9.16. The van der Waals surface area contributed by atoms with Crippen molar-refractivity contribution in [3.05, 3.63) is 29.6 Å². The lowest BCUT2D eigenvalue weighted by Crippen LogP contribution is -2.41. The average Bonchev–Trinajstić information content (AvgIpc) is 3.06. The molecule has 2 aliphatic heterocycles. The molecule has 2 aliphatic rings. The van der Waals surface area contributed by atoms with Gasteiger partial charge in [-0.3, -0.25) is 4.79 Å². The minimum atomic E-state index is -0.379. The molecule has 0 unspecified atom stereocenters. The third-order valence-corrected chi connectivity index (χ3v) is 5.05. The highest BCUT2D eigenvalue weighted by Gasteiger charge is 2.29. The van der Waals surface area contributed by atoms with Crippen LogP contribution in [0.4, 0.5) is 0 Å². The van der Waals surface area contributed by atoms with Gasteiger partial charge in [-0.15, -0.1) is 0 Å². The van der Waals surface area contributed by atoms with E-state index in [9.17, 15) is 4.79 Å². The molecule has 1 N–H and O–H groups in total.